The van der Waals surface area contributed by atoms with Crippen molar-refractivity contribution >= 4 is 0 Å². The van der Waals surface area contributed by atoms with E-state index in [1.165, 1.54) is 12.8 Å². The first-order valence-corrected chi connectivity index (χ1v) is 7.86. The lowest BCUT2D eigenvalue weighted by Gasteiger charge is -2.29. The van der Waals surface area contributed by atoms with E-state index < -0.39 is 0 Å². The molecule has 1 N–H and O–H groups in total. The fourth-order valence-electron chi connectivity index (χ4n) is 1.95. The molecule has 1 atom stereocenters. The lowest BCUT2D eigenvalue weighted by atomic mass is 10.2. The second-order valence-electron chi connectivity index (χ2n) is 4.84. The molecule has 0 rings (SSSR count). The predicted octanol–water partition coefficient (Wildman–Crippen LogP) is 2.14. The highest BCUT2D eigenvalue weighted by Gasteiger charge is 2.12. The van der Waals surface area contributed by atoms with Crippen LogP contribution in [0.4, 0.5) is 0 Å². The highest BCUT2D eigenvalue weighted by molar-refractivity contribution is 4.69. The molecule has 0 aliphatic heterocycles. The van der Waals surface area contributed by atoms with Crippen molar-refractivity contribution in [2.45, 2.75) is 46.6 Å². The number of nitrogens with one attached hydrogen (secondary N) is 1. The van der Waals surface area contributed by atoms with Crippen molar-refractivity contribution in [3.05, 3.63) is 0 Å². The van der Waals surface area contributed by atoms with Gasteiger partial charge in [0.15, 0.2) is 0 Å². The summed E-state index contributed by atoms with van der Waals surface area (Å²) in [7, 11) is 0. The number of ether oxygens (including phenoxy) is 2. The number of rotatable bonds is 14. The van der Waals surface area contributed by atoms with Gasteiger partial charge < -0.3 is 14.8 Å². The Hall–Kier alpha value is -0.160. The minimum atomic E-state index is 0.526. The number of unbranched alkanes of at least 4 members (excludes halogenated alkanes) is 1. The van der Waals surface area contributed by atoms with Crippen molar-refractivity contribution in [2.24, 2.45) is 0 Å². The molecule has 0 aliphatic carbocycles. The third-order valence-corrected chi connectivity index (χ3v) is 3.22. The van der Waals surface area contributed by atoms with E-state index in [1.807, 2.05) is 13.8 Å². The summed E-state index contributed by atoms with van der Waals surface area (Å²) in [4.78, 5) is 2.45. The summed E-state index contributed by atoms with van der Waals surface area (Å²) < 4.78 is 10.9. The van der Waals surface area contributed by atoms with E-state index in [0.29, 0.717) is 6.04 Å². The highest BCUT2D eigenvalue weighted by atomic mass is 16.5. The molecule has 0 saturated heterocycles. The Kier molecular flexibility index (Phi) is 14.1. The van der Waals surface area contributed by atoms with Crippen LogP contribution in [-0.2, 0) is 9.47 Å². The quantitative estimate of drug-likeness (QED) is 0.492. The summed E-state index contributed by atoms with van der Waals surface area (Å²) in [5.74, 6) is 0. The second kappa shape index (κ2) is 14.3. The molecule has 0 spiro atoms. The highest BCUT2D eigenvalue weighted by Crippen LogP contribution is 1.99. The molecule has 1 unspecified atom stereocenters. The molecule has 0 amide bonds. The van der Waals surface area contributed by atoms with Crippen molar-refractivity contribution in [3.8, 4) is 0 Å². The Balaban J connectivity index is 3.90. The van der Waals surface area contributed by atoms with E-state index in [2.05, 4.69) is 24.1 Å². The van der Waals surface area contributed by atoms with Crippen LogP contribution < -0.4 is 5.32 Å². The van der Waals surface area contributed by atoms with Crippen LogP contribution in [0.2, 0.25) is 0 Å². The van der Waals surface area contributed by atoms with E-state index in [0.717, 1.165) is 52.6 Å². The zero-order chi connectivity index (χ0) is 14.3. The third-order valence-electron chi connectivity index (χ3n) is 3.22. The van der Waals surface area contributed by atoms with Gasteiger partial charge in [-0.3, -0.25) is 4.90 Å². The second-order valence-corrected chi connectivity index (χ2v) is 4.84. The van der Waals surface area contributed by atoms with Crippen LogP contribution in [-0.4, -0.2) is 63.5 Å². The first-order valence-electron chi connectivity index (χ1n) is 7.86. The van der Waals surface area contributed by atoms with Crippen LogP contribution in [0.1, 0.15) is 40.5 Å². The number of hydrogen-bond acceptors (Lipinski definition) is 4. The summed E-state index contributed by atoms with van der Waals surface area (Å²) in [6.45, 7) is 15.9. The monoisotopic (exact) mass is 274 g/mol. The Morgan fingerprint density at radius 1 is 1.00 bits per heavy atom. The van der Waals surface area contributed by atoms with Gasteiger partial charge in [0, 0.05) is 38.9 Å². The molecule has 0 fully saturated rings. The zero-order valence-electron chi connectivity index (χ0n) is 13.4. The van der Waals surface area contributed by atoms with Crippen LogP contribution in [0.25, 0.3) is 0 Å². The van der Waals surface area contributed by atoms with Crippen molar-refractivity contribution in [1.82, 2.24) is 10.2 Å². The zero-order valence-corrected chi connectivity index (χ0v) is 13.4. The van der Waals surface area contributed by atoms with Crippen molar-refractivity contribution < 1.29 is 9.47 Å². The van der Waals surface area contributed by atoms with Gasteiger partial charge in [-0.1, -0.05) is 13.3 Å². The maximum absolute atomic E-state index is 5.46. The van der Waals surface area contributed by atoms with E-state index in [-0.39, 0.29) is 0 Å². The molecule has 4 heteroatoms. The summed E-state index contributed by atoms with van der Waals surface area (Å²) in [5.41, 5.74) is 0. The molecule has 0 aromatic rings. The normalized spacial score (nSPS) is 13.1. The van der Waals surface area contributed by atoms with E-state index in [9.17, 15) is 0 Å². The Labute approximate surface area is 119 Å². The van der Waals surface area contributed by atoms with Gasteiger partial charge in [0.1, 0.15) is 0 Å². The Bertz CT molecular complexity index is 170. The Morgan fingerprint density at radius 3 is 2.05 bits per heavy atom. The molecule has 0 saturated carbocycles. The van der Waals surface area contributed by atoms with Crippen LogP contribution in [0.15, 0.2) is 0 Å². The first kappa shape index (κ1) is 18.8. The molecular formula is C15H34N2O2. The third kappa shape index (κ3) is 11.4. The number of hydrogen-bond donors (Lipinski definition) is 1. The minimum Gasteiger partial charge on any atom is -0.380 e. The summed E-state index contributed by atoms with van der Waals surface area (Å²) >= 11 is 0. The molecule has 0 heterocycles. The summed E-state index contributed by atoms with van der Waals surface area (Å²) in [6, 6.07) is 0.526. The van der Waals surface area contributed by atoms with Gasteiger partial charge in [-0.15, -0.1) is 0 Å². The maximum atomic E-state index is 5.46. The van der Waals surface area contributed by atoms with Gasteiger partial charge in [0.25, 0.3) is 0 Å². The van der Waals surface area contributed by atoms with Gasteiger partial charge in [-0.2, -0.15) is 0 Å². The molecule has 0 radical (unpaired) electrons. The molecule has 0 aliphatic rings. The van der Waals surface area contributed by atoms with Gasteiger partial charge in [0.2, 0.25) is 0 Å². The average Bonchev–Trinajstić information content (AvgIpc) is 2.42. The average molecular weight is 274 g/mol. The lowest BCUT2D eigenvalue weighted by Crippen LogP contribution is -2.44. The van der Waals surface area contributed by atoms with E-state index in [4.69, 9.17) is 9.47 Å². The van der Waals surface area contributed by atoms with Crippen molar-refractivity contribution in [3.63, 3.8) is 0 Å². The Morgan fingerprint density at radius 2 is 1.58 bits per heavy atom. The van der Waals surface area contributed by atoms with Gasteiger partial charge >= 0.3 is 0 Å². The number of nitrogens with zero attached hydrogens (tertiary/aromatic N) is 1. The maximum Gasteiger partial charge on any atom is 0.0593 e. The standard InChI is InChI=1S/C15H34N2O2/c1-5-8-9-16-14-15(4)17(10-12-18-6-2)11-13-19-7-3/h15-16H,5-14H2,1-4H3. The lowest BCUT2D eigenvalue weighted by molar-refractivity contribution is 0.0662. The molecule has 0 bridgehead atoms. The molecule has 116 valence electrons. The van der Waals surface area contributed by atoms with Gasteiger partial charge in [-0.25, -0.2) is 0 Å². The van der Waals surface area contributed by atoms with Gasteiger partial charge in [-0.05, 0) is 33.7 Å². The molecule has 4 nitrogen and oxygen atoms in total. The van der Waals surface area contributed by atoms with E-state index >= 15 is 0 Å². The van der Waals surface area contributed by atoms with Crippen LogP contribution in [0, 0.1) is 0 Å². The minimum absolute atomic E-state index is 0.526. The van der Waals surface area contributed by atoms with Crippen LogP contribution >= 0.6 is 0 Å². The van der Waals surface area contributed by atoms with Crippen LogP contribution in [0.3, 0.4) is 0 Å². The topological polar surface area (TPSA) is 33.7 Å². The summed E-state index contributed by atoms with van der Waals surface area (Å²) in [6.07, 6.45) is 2.50. The fourth-order valence-corrected chi connectivity index (χ4v) is 1.95. The fraction of sp³-hybridized carbons (Fsp3) is 1.00. The first-order chi connectivity index (χ1) is 9.26. The molecule has 19 heavy (non-hydrogen) atoms. The van der Waals surface area contributed by atoms with Crippen molar-refractivity contribution in [2.75, 3.05) is 52.6 Å². The SMILES string of the molecule is CCCCNCC(C)N(CCOCC)CCOCC. The largest absolute Gasteiger partial charge is 0.380 e. The van der Waals surface area contributed by atoms with Crippen LogP contribution in [0.5, 0.6) is 0 Å². The molecular weight excluding hydrogens is 240 g/mol. The van der Waals surface area contributed by atoms with Crippen molar-refractivity contribution in [1.29, 1.82) is 0 Å². The van der Waals surface area contributed by atoms with Gasteiger partial charge in [0.05, 0.1) is 13.2 Å². The van der Waals surface area contributed by atoms with E-state index in [1.54, 1.807) is 0 Å². The molecule has 0 aromatic carbocycles. The predicted molar refractivity (Wildman–Crippen MR) is 81.8 cm³/mol. The smallest absolute Gasteiger partial charge is 0.0593 e. The summed E-state index contributed by atoms with van der Waals surface area (Å²) in [5, 5.41) is 3.52. The molecule has 0 aromatic heterocycles.